The van der Waals surface area contributed by atoms with Crippen LogP contribution in [0.4, 0.5) is 10.2 Å². The van der Waals surface area contributed by atoms with Crippen molar-refractivity contribution in [3.8, 4) is 22.4 Å². The highest BCUT2D eigenvalue weighted by atomic mass is 35.5. The Labute approximate surface area is 168 Å². The molecule has 0 aliphatic carbocycles. The minimum absolute atomic E-state index is 0. The number of aliphatic hydroxyl groups excluding tert-OH is 1. The van der Waals surface area contributed by atoms with Gasteiger partial charge in [-0.1, -0.05) is 12.1 Å². The predicted molar refractivity (Wildman–Crippen MR) is 112 cm³/mol. The smallest absolute Gasteiger partial charge is 0.126 e. The predicted octanol–water partition coefficient (Wildman–Crippen LogP) is 4.65. The van der Waals surface area contributed by atoms with E-state index in [1.807, 2.05) is 31.2 Å². The number of anilines is 1. The van der Waals surface area contributed by atoms with E-state index in [9.17, 15) is 9.50 Å². The number of benzene rings is 1. The Bertz CT molecular complexity index is 1080. The highest BCUT2D eigenvalue weighted by molar-refractivity contribution is 6.01. The van der Waals surface area contributed by atoms with Gasteiger partial charge in [0.2, 0.25) is 0 Å². The van der Waals surface area contributed by atoms with Gasteiger partial charge in [-0.05, 0) is 48.9 Å². The van der Waals surface area contributed by atoms with Crippen molar-refractivity contribution >= 4 is 29.3 Å². The summed E-state index contributed by atoms with van der Waals surface area (Å²) in [4.78, 5) is 12.3. The van der Waals surface area contributed by atoms with Crippen LogP contribution in [0, 0.1) is 5.82 Å². The molecule has 3 aromatic heterocycles. The standard InChI is InChI=1S/C21H19FN4O.ClH/c1-13(12-27)25-18-11-15(8-10-23-18)20-19(14-4-6-16(22)7-5-14)21-17(26-20)3-2-9-24-21;/h2-11,13,26-27H,12H2,1H3,(H,23,25);1H. The number of aromatic nitrogens is 3. The maximum Gasteiger partial charge on any atom is 0.126 e. The van der Waals surface area contributed by atoms with E-state index in [1.54, 1.807) is 24.5 Å². The third kappa shape index (κ3) is 3.83. The number of halogens is 2. The normalized spacial score (nSPS) is 11.8. The Morgan fingerprint density at radius 3 is 2.61 bits per heavy atom. The highest BCUT2D eigenvalue weighted by Gasteiger charge is 2.17. The first-order valence-corrected chi connectivity index (χ1v) is 8.72. The van der Waals surface area contributed by atoms with Crippen LogP contribution in [0.15, 0.2) is 60.9 Å². The van der Waals surface area contributed by atoms with E-state index in [1.165, 1.54) is 12.1 Å². The molecule has 0 aliphatic rings. The molecular formula is C21H20ClFN4O. The second-order valence-electron chi connectivity index (χ2n) is 6.44. The van der Waals surface area contributed by atoms with E-state index in [4.69, 9.17) is 0 Å². The van der Waals surface area contributed by atoms with Gasteiger partial charge >= 0.3 is 0 Å². The summed E-state index contributed by atoms with van der Waals surface area (Å²) < 4.78 is 13.4. The van der Waals surface area contributed by atoms with E-state index >= 15 is 0 Å². The van der Waals surface area contributed by atoms with Crippen molar-refractivity contribution in [3.05, 3.63) is 66.7 Å². The minimum atomic E-state index is -0.276. The number of nitrogens with one attached hydrogen (secondary N) is 2. The summed E-state index contributed by atoms with van der Waals surface area (Å²) in [6.07, 6.45) is 3.46. The van der Waals surface area contributed by atoms with Gasteiger partial charge in [0.1, 0.15) is 11.6 Å². The van der Waals surface area contributed by atoms with Crippen LogP contribution in [0.2, 0.25) is 0 Å². The van der Waals surface area contributed by atoms with Crippen molar-refractivity contribution in [3.63, 3.8) is 0 Å². The Morgan fingerprint density at radius 2 is 1.86 bits per heavy atom. The van der Waals surface area contributed by atoms with Crippen LogP contribution in [0.3, 0.4) is 0 Å². The minimum Gasteiger partial charge on any atom is -0.394 e. The van der Waals surface area contributed by atoms with Gasteiger partial charge in [-0.25, -0.2) is 9.37 Å². The number of fused-ring (bicyclic) bond motifs is 1. The van der Waals surface area contributed by atoms with Gasteiger partial charge < -0.3 is 15.4 Å². The summed E-state index contributed by atoms with van der Waals surface area (Å²) in [5.74, 6) is 0.396. The van der Waals surface area contributed by atoms with E-state index in [0.29, 0.717) is 5.82 Å². The van der Waals surface area contributed by atoms with Crippen molar-refractivity contribution in [2.24, 2.45) is 0 Å². The summed E-state index contributed by atoms with van der Waals surface area (Å²) >= 11 is 0. The van der Waals surface area contributed by atoms with E-state index in [2.05, 4.69) is 20.3 Å². The number of pyridine rings is 2. The number of nitrogens with zero attached hydrogens (tertiary/aromatic N) is 2. The molecule has 1 atom stereocenters. The largest absolute Gasteiger partial charge is 0.394 e. The molecule has 0 saturated heterocycles. The van der Waals surface area contributed by atoms with E-state index in [-0.39, 0.29) is 30.9 Å². The lowest BCUT2D eigenvalue weighted by atomic mass is 10.0. The zero-order valence-electron chi connectivity index (χ0n) is 15.2. The number of hydrogen-bond donors (Lipinski definition) is 3. The molecule has 0 aliphatic heterocycles. The van der Waals surface area contributed by atoms with Gasteiger partial charge in [0, 0.05) is 29.6 Å². The fourth-order valence-electron chi connectivity index (χ4n) is 3.10. The van der Waals surface area contributed by atoms with Gasteiger partial charge in [0.25, 0.3) is 0 Å². The third-order valence-electron chi connectivity index (χ3n) is 4.40. The fraction of sp³-hybridized carbons (Fsp3) is 0.143. The van der Waals surface area contributed by atoms with Crippen molar-refractivity contribution in [1.82, 2.24) is 15.0 Å². The molecule has 3 N–H and O–H groups in total. The van der Waals surface area contributed by atoms with Gasteiger partial charge in [-0.2, -0.15) is 0 Å². The average Bonchev–Trinajstić information content (AvgIpc) is 3.08. The lowest BCUT2D eigenvalue weighted by Crippen LogP contribution is -2.19. The molecular weight excluding hydrogens is 379 g/mol. The molecule has 144 valence electrons. The number of aromatic amines is 1. The lowest BCUT2D eigenvalue weighted by molar-refractivity contribution is 0.281. The van der Waals surface area contributed by atoms with Crippen LogP contribution < -0.4 is 5.32 Å². The molecule has 5 nitrogen and oxygen atoms in total. The number of rotatable bonds is 5. The molecule has 0 fully saturated rings. The molecule has 0 bridgehead atoms. The van der Waals surface area contributed by atoms with Gasteiger partial charge in [-0.15, -0.1) is 12.4 Å². The van der Waals surface area contributed by atoms with E-state index in [0.717, 1.165) is 33.4 Å². The van der Waals surface area contributed by atoms with Crippen LogP contribution >= 0.6 is 12.4 Å². The highest BCUT2D eigenvalue weighted by Crippen LogP contribution is 2.37. The zero-order chi connectivity index (χ0) is 18.8. The lowest BCUT2D eigenvalue weighted by Gasteiger charge is -2.12. The molecule has 7 heteroatoms. The molecule has 28 heavy (non-hydrogen) atoms. The first kappa shape index (κ1) is 19.8. The third-order valence-corrected chi connectivity index (χ3v) is 4.40. The summed E-state index contributed by atoms with van der Waals surface area (Å²) in [6, 6.07) is 14.0. The average molecular weight is 399 g/mol. The number of hydrogen-bond acceptors (Lipinski definition) is 4. The second kappa shape index (κ2) is 8.37. The first-order chi connectivity index (χ1) is 13.2. The molecule has 0 radical (unpaired) electrons. The summed E-state index contributed by atoms with van der Waals surface area (Å²) in [6.45, 7) is 1.90. The molecule has 1 aromatic carbocycles. The number of H-pyrrole nitrogens is 1. The van der Waals surface area contributed by atoms with Crippen molar-refractivity contribution in [1.29, 1.82) is 0 Å². The van der Waals surface area contributed by atoms with Crippen LogP contribution in [-0.2, 0) is 0 Å². The molecule has 3 heterocycles. The Kier molecular flexibility index (Phi) is 5.92. The molecule has 0 spiro atoms. The van der Waals surface area contributed by atoms with Crippen LogP contribution in [0.25, 0.3) is 33.4 Å². The second-order valence-corrected chi connectivity index (χ2v) is 6.44. The van der Waals surface area contributed by atoms with Gasteiger partial charge in [0.05, 0.1) is 23.3 Å². The van der Waals surface area contributed by atoms with Crippen LogP contribution in [-0.4, -0.2) is 32.7 Å². The summed E-state index contributed by atoms with van der Waals surface area (Å²) in [5.41, 5.74) is 5.34. The quantitative estimate of drug-likeness (QED) is 0.457. The molecule has 0 saturated carbocycles. The van der Waals surface area contributed by atoms with E-state index < -0.39 is 0 Å². The molecule has 1 unspecified atom stereocenters. The van der Waals surface area contributed by atoms with Gasteiger partial charge in [-0.3, -0.25) is 4.98 Å². The zero-order valence-corrected chi connectivity index (χ0v) is 16.0. The molecule has 4 aromatic rings. The fourth-order valence-corrected chi connectivity index (χ4v) is 3.10. The monoisotopic (exact) mass is 398 g/mol. The summed E-state index contributed by atoms with van der Waals surface area (Å²) in [5, 5.41) is 12.4. The van der Waals surface area contributed by atoms with Crippen molar-refractivity contribution in [2.45, 2.75) is 13.0 Å². The van der Waals surface area contributed by atoms with Gasteiger partial charge in [0.15, 0.2) is 0 Å². The summed E-state index contributed by atoms with van der Waals surface area (Å²) in [7, 11) is 0. The Morgan fingerprint density at radius 1 is 1.07 bits per heavy atom. The Balaban J connectivity index is 0.00000225. The molecule has 0 amide bonds. The maximum absolute atomic E-state index is 13.4. The molecule has 4 rings (SSSR count). The SMILES string of the molecule is CC(CO)Nc1cc(-c2[nH]c3cccnc3c2-c2ccc(F)cc2)ccn1.Cl. The van der Waals surface area contributed by atoms with Crippen molar-refractivity contribution < 1.29 is 9.50 Å². The maximum atomic E-state index is 13.4. The first-order valence-electron chi connectivity index (χ1n) is 8.72. The van der Waals surface area contributed by atoms with Crippen LogP contribution in [0.5, 0.6) is 0 Å². The number of aliphatic hydroxyl groups is 1. The van der Waals surface area contributed by atoms with Crippen molar-refractivity contribution in [2.75, 3.05) is 11.9 Å². The van der Waals surface area contributed by atoms with Crippen LogP contribution in [0.1, 0.15) is 6.92 Å². The topological polar surface area (TPSA) is 73.8 Å². The Hall–Kier alpha value is -2.96.